The van der Waals surface area contributed by atoms with Crippen LogP contribution in [-0.4, -0.2) is 24.8 Å². The molecule has 1 N–H and O–H groups in total. The lowest BCUT2D eigenvalue weighted by Crippen LogP contribution is -2.48. The summed E-state index contributed by atoms with van der Waals surface area (Å²) in [6.45, 7) is 2.05. The van der Waals surface area contributed by atoms with Crippen LogP contribution in [-0.2, 0) is 5.41 Å². The topological polar surface area (TPSA) is 23.5 Å². The van der Waals surface area contributed by atoms with Gasteiger partial charge in [0.2, 0.25) is 0 Å². The number of piperidine rings is 1. The van der Waals surface area contributed by atoms with Crippen LogP contribution < -0.4 is 4.90 Å². The van der Waals surface area contributed by atoms with E-state index in [1.165, 1.54) is 11.3 Å². The number of aliphatic hydroxyl groups is 1. The quantitative estimate of drug-likeness (QED) is 0.930. The fourth-order valence-corrected chi connectivity index (χ4v) is 3.38. The van der Waals surface area contributed by atoms with Crippen LogP contribution in [0, 0.1) is 0 Å². The molecule has 1 fully saturated rings. The SMILES string of the molecule is OCC1(c2ccc(Cl)cc2)CCCN(c2ccccc2)C1. The van der Waals surface area contributed by atoms with E-state index in [4.69, 9.17) is 11.6 Å². The van der Waals surface area contributed by atoms with E-state index in [0.29, 0.717) is 0 Å². The highest BCUT2D eigenvalue weighted by Crippen LogP contribution is 2.36. The normalized spacial score (nSPS) is 22.3. The summed E-state index contributed by atoms with van der Waals surface area (Å²) in [5.74, 6) is 0. The van der Waals surface area contributed by atoms with Gasteiger partial charge in [0.15, 0.2) is 0 Å². The van der Waals surface area contributed by atoms with Crippen molar-refractivity contribution in [1.29, 1.82) is 0 Å². The summed E-state index contributed by atoms with van der Waals surface area (Å²) in [5, 5.41) is 10.8. The molecule has 2 aromatic carbocycles. The molecule has 1 heterocycles. The molecule has 110 valence electrons. The maximum Gasteiger partial charge on any atom is 0.0545 e. The van der Waals surface area contributed by atoms with E-state index < -0.39 is 0 Å². The Morgan fingerprint density at radius 1 is 1.05 bits per heavy atom. The Labute approximate surface area is 131 Å². The van der Waals surface area contributed by atoms with Crippen LogP contribution in [0.3, 0.4) is 0 Å². The maximum absolute atomic E-state index is 10.1. The van der Waals surface area contributed by atoms with Gasteiger partial charge < -0.3 is 10.0 Å². The predicted octanol–water partition coefficient (Wildman–Crippen LogP) is 3.87. The van der Waals surface area contributed by atoms with Crippen molar-refractivity contribution in [1.82, 2.24) is 0 Å². The summed E-state index contributed by atoms with van der Waals surface area (Å²) in [6, 6.07) is 18.3. The smallest absolute Gasteiger partial charge is 0.0545 e. The molecule has 1 saturated heterocycles. The number of para-hydroxylation sites is 1. The van der Waals surface area contributed by atoms with Gasteiger partial charge in [-0.05, 0) is 42.7 Å². The zero-order chi connectivity index (χ0) is 14.7. The molecule has 1 unspecified atom stereocenters. The minimum absolute atomic E-state index is 0.165. The molecule has 1 atom stereocenters. The van der Waals surface area contributed by atoms with Gasteiger partial charge in [0.1, 0.15) is 0 Å². The molecule has 1 aliphatic rings. The first-order valence-corrected chi connectivity index (χ1v) is 7.78. The summed E-state index contributed by atoms with van der Waals surface area (Å²) >= 11 is 5.99. The molecule has 0 amide bonds. The highest BCUT2D eigenvalue weighted by Gasteiger charge is 2.36. The third kappa shape index (κ3) is 2.92. The molecule has 0 spiro atoms. The number of hydrogen-bond acceptors (Lipinski definition) is 2. The van der Waals surface area contributed by atoms with Gasteiger partial charge in [0, 0.05) is 29.2 Å². The Bertz CT molecular complexity index is 584. The van der Waals surface area contributed by atoms with E-state index in [1.54, 1.807) is 0 Å². The Morgan fingerprint density at radius 3 is 2.43 bits per heavy atom. The molecule has 0 saturated carbocycles. The van der Waals surface area contributed by atoms with Crippen molar-refractivity contribution in [2.24, 2.45) is 0 Å². The number of rotatable bonds is 3. The summed E-state index contributed by atoms with van der Waals surface area (Å²) in [5.41, 5.74) is 2.21. The monoisotopic (exact) mass is 301 g/mol. The van der Waals surface area contributed by atoms with Gasteiger partial charge in [0.25, 0.3) is 0 Å². The molecular formula is C18H20ClNO. The number of hydrogen-bond donors (Lipinski definition) is 1. The second kappa shape index (κ2) is 6.08. The Morgan fingerprint density at radius 2 is 1.76 bits per heavy atom. The largest absolute Gasteiger partial charge is 0.395 e. The van der Waals surface area contributed by atoms with E-state index in [0.717, 1.165) is 31.0 Å². The molecule has 2 aromatic rings. The van der Waals surface area contributed by atoms with Gasteiger partial charge in [-0.15, -0.1) is 0 Å². The minimum Gasteiger partial charge on any atom is -0.395 e. The highest BCUT2D eigenvalue weighted by molar-refractivity contribution is 6.30. The van der Waals surface area contributed by atoms with Crippen LogP contribution in [0.4, 0.5) is 5.69 Å². The van der Waals surface area contributed by atoms with Crippen LogP contribution in [0.25, 0.3) is 0 Å². The molecule has 21 heavy (non-hydrogen) atoms. The van der Waals surface area contributed by atoms with E-state index >= 15 is 0 Å². The van der Waals surface area contributed by atoms with Crippen molar-refractivity contribution < 1.29 is 5.11 Å². The van der Waals surface area contributed by atoms with Crippen molar-refractivity contribution in [3.63, 3.8) is 0 Å². The van der Waals surface area contributed by atoms with Gasteiger partial charge in [-0.1, -0.05) is 41.9 Å². The van der Waals surface area contributed by atoms with Crippen molar-refractivity contribution in [2.45, 2.75) is 18.3 Å². The molecule has 3 heteroatoms. The van der Waals surface area contributed by atoms with Crippen LogP contribution in [0.1, 0.15) is 18.4 Å². The first-order chi connectivity index (χ1) is 10.2. The van der Waals surface area contributed by atoms with Crippen LogP contribution in [0.2, 0.25) is 5.02 Å². The van der Waals surface area contributed by atoms with E-state index in [2.05, 4.69) is 29.2 Å². The summed E-state index contributed by atoms with van der Waals surface area (Å²) in [7, 11) is 0. The average molecular weight is 302 g/mol. The van der Waals surface area contributed by atoms with Crippen LogP contribution >= 0.6 is 11.6 Å². The second-order valence-corrected chi connectivity index (χ2v) is 6.24. The van der Waals surface area contributed by atoms with Crippen molar-refractivity contribution in [2.75, 3.05) is 24.6 Å². The zero-order valence-electron chi connectivity index (χ0n) is 12.0. The number of anilines is 1. The third-order valence-electron chi connectivity index (χ3n) is 4.46. The molecule has 1 aliphatic heterocycles. The van der Waals surface area contributed by atoms with Crippen LogP contribution in [0.5, 0.6) is 0 Å². The lowest BCUT2D eigenvalue weighted by Gasteiger charge is -2.43. The molecule has 0 bridgehead atoms. The predicted molar refractivity (Wildman–Crippen MR) is 88.1 cm³/mol. The van der Waals surface area contributed by atoms with Crippen molar-refractivity contribution in [3.05, 3.63) is 65.2 Å². The van der Waals surface area contributed by atoms with Gasteiger partial charge in [0.05, 0.1) is 6.61 Å². The maximum atomic E-state index is 10.1. The fourth-order valence-electron chi connectivity index (χ4n) is 3.25. The molecule has 2 nitrogen and oxygen atoms in total. The zero-order valence-corrected chi connectivity index (χ0v) is 12.8. The Balaban J connectivity index is 1.90. The number of aliphatic hydroxyl groups excluding tert-OH is 1. The van der Waals surface area contributed by atoms with Gasteiger partial charge in [-0.3, -0.25) is 0 Å². The standard InChI is InChI=1S/C18H20ClNO/c19-16-9-7-15(8-10-16)18(14-21)11-4-12-20(13-18)17-5-2-1-3-6-17/h1-3,5-10,21H,4,11-14H2. The van der Waals surface area contributed by atoms with E-state index in [9.17, 15) is 5.11 Å². The van der Waals surface area contributed by atoms with E-state index in [-0.39, 0.29) is 12.0 Å². The summed E-state index contributed by atoms with van der Waals surface area (Å²) < 4.78 is 0. The number of nitrogens with zero attached hydrogens (tertiary/aromatic N) is 1. The van der Waals surface area contributed by atoms with Gasteiger partial charge >= 0.3 is 0 Å². The summed E-state index contributed by atoms with van der Waals surface area (Å²) in [6.07, 6.45) is 2.09. The second-order valence-electron chi connectivity index (χ2n) is 5.81. The fraction of sp³-hybridized carbons (Fsp3) is 0.333. The average Bonchev–Trinajstić information content (AvgIpc) is 2.56. The van der Waals surface area contributed by atoms with Crippen molar-refractivity contribution >= 4 is 17.3 Å². The molecule has 0 radical (unpaired) electrons. The number of benzene rings is 2. The molecular weight excluding hydrogens is 282 g/mol. The first-order valence-electron chi connectivity index (χ1n) is 7.40. The van der Waals surface area contributed by atoms with Crippen molar-refractivity contribution in [3.8, 4) is 0 Å². The highest BCUT2D eigenvalue weighted by atomic mass is 35.5. The minimum atomic E-state index is -0.196. The molecule has 0 aliphatic carbocycles. The number of halogens is 1. The van der Waals surface area contributed by atoms with Crippen LogP contribution in [0.15, 0.2) is 54.6 Å². The third-order valence-corrected chi connectivity index (χ3v) is 4.71. The van der Waals surface area contributed by atoms with Gasteiger partial charge in [-0.25, -0.2) is 0 Å². The molecule has 3 rings (SSSR count). The summed E-state index contributed by atoms with van der Waals surface area (Å²) in [4.78, 5) is 2.37. The lowest BCUT2D eigenvalue weighted by molar-refractivity contribution is 0.172. The lowest BCUT2D eigenvalue weighted by atomic mass is 9.74. The Kier molecular flexibility index (Phi) is 4.18. The van der Waals surface area contributed by atoms with E-state index in [1.807, 2.05) is 30.3 Å². The first kappa shape index (κ1) is 14.4. The van der Waals surface area contributed by atoms with Gasteiger partial charge in [-0.2, -0.15) is 0 Å². The molecule has 0 aromatic heterocycles. The Hall–Kier alpha value is -1.51.